The summed E-state index contributed by atoms with van der Waals surface area (Å²) in [7, 11) is 0. The Morgan fingerprint density at radius 2 is 2.04 bits per heavy atom. The van der Waals surface area contributed by atoms with Gasteiger partial charge in [0.15, 0.2) is 0 Å². The Bertz CT molecular complexity index is 612. The van der Waals surface area contributed by atoms with Gasteiger partial charge in [-0.05, 0) is 80.1 Å². The van der Waals surface area contributed by atoms with Crippen LogP contribution in [0.25, 0.3) is 0 Å². The lowest BCUT2D eigenvalue weighted by Crippen LogP contribution is -2.41. The molecule has 2 saturated carbocycles. The fourth-order valence-corrected chi connectivity index (χ4v) is 7.30. The van der Waals surface area contributed by atoms with E-state index < -0.39 is 0 Å². The summed E-state index contributed by atoms with van der Waals surface area (Å²) in [6.45, 7) is 7.29. The molecule has 1 aromatic heterocycles. The first-order chi connectivity index (χ1) is 11.1. The smallest absolute Gasteiger partial charge is 0.123 e. The summed E-state index contributed by atoms with van der Waals surface area (Å²) in [5, 5.41) is 4.72. The number of fused-ring (bicyclic) bond motifs is 1. The van der Waals surface area contributed by atoms with E-state index in [2.05, 4.69) is 63.8 Å². The van der Waals surface area contributed by atoms with Gasteiger partial charge in [-0.2, -0.15) is 16.9 Å². The third kappa shape index (κ3) is 2.43. The Labute approximate surface area is 157 Å². The fraction of sp³-hybridized carbons (Fsp3) is 0.833. The Balaban J connectivity index is 1.25. The topological polar surface area (TPSA) is 21.1 Å². The van der Waals surface area contributed by atoms with Crippen LogP contribution in [0.15, 0.2) is 6.07 Å². The van der Waals surface area contributed by atoms with Crippen LogP contribution in [0.1, 0.15) is 50.8 Å². The van der Waals surface area contributed by atoms with Crippen LogP contribution in [-0.4, -0.2) is 45.3 Å². The van der Waals surface area contributed by atoms with Gasteiger partial charge in [0.05, 0.1) is 0 Å². The molecule has 2 saturated heterocycles. The summed E-state index contributed by atoms with van der Waals surface area (Å²) in [5.41, 5.74) is 2.24. The van der Waals surface area contributed by atoms with Gasteiger partial charge in [0.25, 0.3) is 0 Å². The first-order valence-electron chi connectivity index (χ1n) is 9.13. The van der Waals surface area contributed by atoms with Gasteiger partial charge in [-0.25, -0.2) is 0 Å². The van der Waals surface area contributed by atoms with E-state index in [1.165, 1.54) is 49.6 Å². The highest BCUT2D eigenvalue weighted by Gasteiger charge is 2.59. The second-order valence-corrected chi connectivity index (χ2v) is 10.7. The third-order valence-electron chi connectivity index (χ3n) is 6.79. The number of thioether (sulfide) groups is 1. The Kier molecular flexibility index (Phi) is 3.62. The van der Waals surface area contributed by atoms with Crippen molar-refractivity contribution in [2.75, 3.05) is 24.6 Å². The van der Waals surface area contributed by atoms with Crippen molar-refractivity contribution in [1.82, 2.24) is 14.7 Å². The Morgan fingerprint density at radius 3 is 2.61 bits per heavy atom. The maximum atomic E-state index is 4.72. The van der Waals surface area contributed by atoms with Crippen molar-refractivity contribution in [2.45, 2.75) is 51.1 Å². The predicted octanol–water partition coefficient (Wildman–Crippen LogP) is 4.00. The SMILES string of the molecule is CC(C)n1nc(I)cc1C1C2CC(N3CCC4(CSC4)C3)CC21. The lowest BCUT2D eigenvalue weighted by atomic mass is 9.91. The minimum Gasteiger partial charge on any atom is -0.300 e. The van der Waals surface area contributed by atoms with Crippen LogP contribution in [0.5, 0.6) is 0 Å². The molecule has 0 N–H and O–H groups in total. The van der Waals surface area contributed by atoms with Crippen LogP contribution in [0, 0.1) is 21.0 Å². The molecule has 4 aliphatic rings. The lowest BCUT2D eigenvalue weighted by molar-refractivity contribution is 0.204. The fourth-order valence-electron chi connectivity index (χ4n) is 5.50. The highest BCUT2D eigenvalue weighted by molar-refractivity contribution is 14.1. The van der Waals surface area contributed by atoms with E-state index in [0.29, 0.717) is 6.04 Å². The molecule has 3 nitrogen and oxygen atoms in total. The Hall–Kier alpha value is 0.250. The number of hydrogen-bond donors (Lipinski definition) is 0. The van der Waals surface area contributed by atoms with Gasteiger partial charge in [0.1, 0.15) is 3.70 Å². The number of hydrogen-bond acceptors (Lipinski definition) is 3. The molecule has 0 amide bonds. The van der Waals surface area contributed by atoms with Crippen LogP contribution >= 0.6 is 34.4 Å². The molecule has 0 bridgehead atoms. The highest BCUT2D eigenvalue weighted by atomic mass is 127. The zero-order valence-electron chi connectivity index (χ0n) is 14.0. The van der Waals surface area contributed by atoms with Gasteiger partial charge >= 0.3 is 0 Å². The largest absolute Gasteiger partial charge is 0.300 e. The average Bonchev–Trinajstić information content (AvgIpc) is 2.95. The number of rotatable bonds is 3. The van der Waals surface area contributed by atoms with E-state index in [-0.39, 0.29) is 0 Å². The molecule has 1 aromatic rings. The van der Waals surface area contributed by atoms with Crippen LogP contribution < -0.4 is 0 Å². The summed E-state index contributed by atoms with van der Waals surface area (Å²) >= 11 is 4.53. The van der Waals surface area contributed by atoms with Crippen molar-refractivity contribution >= 4 is 34.4 Å². The monoisotopic (exact) mass is 443 g/mol. The number of nitrogens with zero attached hydrogens (tertiary/aromatic N) is 3. The zero-order chi connectivity index (χ0) is 15.8. The second-order valence-electron chi connectivity index (χ2n) is 8.62. The van der Waals surface area contributed by atoms with E-state index in [1.807, 2.05) is 0 Å². The maximum Gasteiger partial charge on any atom is 0.123 e. The highest BCUT2D eigenvalue weighted by Crippen LogP contribution is 2.64. The molecular formula is C18H26IN3S. The summed E-state index contributed by atoms with van der Waals surface area (Å²) in [4.78, 5) is 2.85. The molecular weight excluding hydrogens is 417 g/mol. The molecule has 3 heterocycles. The molecule has 4 fully saturated rings. The number of likely N-dealkylation sites (tertiary alicyclic amines) is 1. The molecule has 5 heteroatoms. The van der Waals surface area contributed by atoms with Crippen molar-refractivity contribution < 1.29 is 0 Å². The van der Waals surface area contributed by atoms with Crippen molar-refractivity contribution in [2.24, 2.45) is 17.3 Å². The standard InChI is InChI=1S/C18H26IN3S/c1-11(2)22-15(7-16(19)20-22)17-13-5-12(6-14(13)17)21-4-3-18(8-21)9-23-10-18/h7,11-14,17H,3-6,8-10H2,1-2H3. The van der Waals surface area contributed by atoms with Crippen LogP contribution in [0.4, 0.5) is 0 Å². The quantitative estimate of drug-likeness (QED) is 0.660. The molecule has 2 unspecified atom stereocenters. The molecule has 2 aliphatic carbocycles. The summed E-state index contributed by atoms with van der Waals surface area (Å²) in [6.07, 6.45) is 4.35. The van der Waals surface area contributed by atoms with Crippen molar-refractivity contribution in [3.63, 3.8) is 0 Å². The van der Waals surface area contributed by atoms with Gasteiger partial charge in [0, 0.05) is 47.2 Å². The van der Waals surface area contributed by atoms with E-state index in [4.69, 9.17) is 5.10 Å². The summed E-state index contributed by atoms with van der Waals surface area (Å²) in [5.74, 6) is 5.55. The van der Waals surface area contributed by atoms with Crippen molar-refractivity contribution in [3.05, 3.63) is 15.5 Å². The van der Waals surface area contributed by atoms with Gasteiger partial charge in [-0.3, -0.25) is 9.58 Å². The van der Waals surface area contributed by atoms with Crippen molar-refractivity contribution in [3.8, 4) is 0 Å². The van der Waals surface area contributed by atoms with E-state index in [0.717, 1.165) is 32.9 Å². The maximum absolute atomic E-state index is 4.72. The van der Waals surface area contributed by atoms with Crippen LogP contribution in [0.2, 0.25) is 0 Å². The summed E-state index contributed by atoms with van der Waals surface area (Å²) < 4.78 is 3.45. The first kappa shape index (κ1) is 15.5. The molecule has 2 aliphatic heterocycles. The van der Waals surface area contributed by atoms with Gasteiger partial charge < -0.3 is 0 Å². The van der Waals surface area contributed by atoms with Gasteiger partial charge in [-0.15, -0.1) is 0 Å². The minimum absolute atomic E-state index is 0.486. The van der Waals surface area contributed by atoms with E-state index >= 15 is 0 Å². The summed E-state index contributed by atoms with van der Waals surface area (Å²) in [6, 6.07) is 3.72. The molecule has 126 valence electrons. The lowest BCUT2D eigenvalue weighted by Gasteiger charge is -2.38. The Morgan fingerprint density at radius 1 is 1.30 bits per heavy atom. The van der Waals surface area contributed by atoms with E-state index in [1.54, 1.807) is 0 Å². The van der Waals surface area contributed by atoms with E-state index in [9.17, 15) is 0 Å². The average molecular weight is 443 g/mol. The molecule has 23 heavy (non-hydrogen) atoms. The van der Waals surface area contributed by atoms with Gasteiger partial charge in [0.2, 0.25) is 0 Å². The zero-order valence-corrected chi connectivity index (χ0v) is 17.0. The number of halogens is 1. The minimum atomic E-state index is 0.486. The normalized spacial score (nSPS) is 38.3. The first-order valence-corrected chi connectivity index (χ1v) is 11.4. The van der Waals surface area contributed by atoms with Crippen LogP contribution in [0.3, 0.4) is 0 Å². The second kappa shape index (κ2) is 5.37. The molecule has 1 spiro atoms. The number of aromatic nitrogens is 2. The molecule has 0 radical (unpaired) electrons. The van der Waals surface area contributed by atoms with Crippen LogP contribution in [-0.2, 0) is 0 Å². The molecule has 0 aromatic carbocycles. The third-order valence-corrected chi connectivity index (χ3v) is 8.95. The van der Waals surface area contributed by atoms with Crippen molar-refractivity contribution in [1.29, 1.82) is 0 Å². The molecule has 2 atom stereocenters. The molecule has 5 rings (SSSR count). The van der Waals surface area contributed by atoms with Gasteiger partial charge in [-0.1, -0.05) is 0 Å². The predicted molar refractivity (Wildman–Crippen MR) is 104 cm³/mol.